The van der Waals surface area contributed by atoms with Crippen molar-refractivity contribution in [2.24, 2.45) is 0 Å². The number of nitrogens with zero attached hydrogens (tertiary/aromatic N) is 2. The van der Waals surface area contributed by atoms with Gasteiger partial charge in [-0.2, -0.15) is 0 Å². The van der Waals surface area contributed by atoms with Gasteiger partial charge in [0.25, 0.3) is 0 Å². The van der Waals surface area contributed by atoms with Gasteiger partial charge in [-0.05, 0) is 32.0 Å². The monoisotopic (exact) mass is 245 g/mol. The second-order valence-corrected chi connectivity index (χ2v) is 5.40. The summed E-state index contributed by atoms with van der Waals surface area (Å²) in [7, 11) is 0. The van der Waals surface area contributed by atoms with Crippen LogP contribution in [-0.2, 0) is 0 Å². The molecule has 2 aromatic rings. The SMILES string of the molecule is Cc1nc(-c2ccccn2)sc1C1CCNC1. The molecule has 1 unspecified atom stereocenters. The van der Waals surface area contributed by atoms with Crippen molar-refractivity contribution in [2.75, 3.05) is 13.1 Å². The Balaban J connectivity index is 1.95. The maximum absolute atomic E-state index is 4.65. The molecule has 2 aromatic heterocycles. The number of hydrogen-bond donors (Lipinski definition) is 1. The maximum Gasteiger partial charge on any atom is 0.142 e. The molecule has 0 aromatic carbocycles. The van der Waals surface area contributed by atoms with E-state index < -0.39 is 0 Å². The Labute approximate surface area is 105 Å². The van der Waals surface area contributed by atoms with Crippen molar-refractivity contribution in [2.45, 2.75) is 19.3 Å². The first-order valence-corrected chi connectivity index (χ1v) is 6.75. The van der Waals surface area contributed by atoms with Crippen LogP contribution in [0.15, 0.2) is 24.4 Å². The van der Waals surface area contributed by atoms with Gasteiger partial charge in [-0.1, -0.05) is 6.07 Å². The zero-order chi connectivity index (χ0) is 11.7. The minimum atomic E-state index is 0.643. The zero-order valence-electron chi connectivity index (χ0n) is 9.81. The van der Waals surface area contributed by atoms with Crippen molar-refractivity contribution in [1.82, 2.24) is 15.3 Å². The summed E-state index contributed by atoms with van der Waals surface area (Å²) in [6.45, 7) is 4.32. The highest BCUT2D eigenvalue weighted by molar-refractivity contribution is 7.15. The Bertz CT molecular complexity index is 501. The van der Waals surface area contributed by atoms with Crippen molar-refractivity contribution >= 4 is 11.3 Å². The summed E-state index contributed by atoms with van der Waals surface area (Å²) >= 11 is 1.80. The molecule has 0 spiro atoms. The van der Waals surface area contributed by atoms with Crippen LogP contribution in [0, 0.1) is 6.92 Å². The number of nitrogens with one attached hydrogen (secondary N) is 1. The molecule has 0 saturated carbocycles. The van der Waals surface area contributed by atoms with Crippen LogP contribution in [0.25, 0.3) is 10.7 Å². The topological polar surface area (TPSA) is 37.8 Å². The highest BCUT2D eigenvalue weighted by Crippen LogP contribution is 2.34. The minimum Gasteiger partial charge on any atom is -0.316 e. The number of hydrogen-bond acceptors (Lipinski definition) is 4. The van der Waals surface area contributed by atoms with E-state index >= 15 is 0 Å². The summed E-state index contributed by atoms with van der Waals surface area (Å²) in [5.41, 5.74) is 2.15. The van der Waals surface area contributed by atoms with E-state index in [1.165, 1.54) is 17.0 Å². The molecule has 1 N–H and O–H groups in total. The normalized spacial score (nSPS) is 19.7. The summed E-state index contributed by atoms with van der Waals surface area (Å²) in [6.07, 6.45) is 3.05. The summed E-state index contributed by atoms with van der Waals surface area (Å²) in [5.74, 6) is 0.643. The van der Waals surface area contributed by atoms with E-state index in [2.05, 4.69) is 22.2 Å². The van der Waals surface area contributed by atoms with Crippen LogP contribution < -0.4 is 5.32 Å². The molecule has 1 atom stereocenters. The van der Waals surface area contributed by atoms with Crippen molar-refractivity contribution in [1.29, 1.82) is 0 Å². The van der Waals surface area contributed by atoms with Gasteiger partial charge in [0.15, 0.2) is 0 Å². The van der Waals surface area contributed by atoms with Crippen molar-refractivity contribution in [3.05, 3.63) is 35.0 Å². The zero-order valence-corrected chi connectivity index (χ0v) is 10.6. The molecule has 1 aliphatic rings. The average Bonchev–Trinajstić information content (AvgIpc) is 2.99. The molecule has 1 aliphatic heterocycles. The molecule has 17 heavy (non-hydrogen) atoms. The Morgan fingerprint density at radius 3 is 3.06 bits per heavy atom. The van der Waals surface area contributed by atoms with Crippen LogP contribution in [0.1, 0.15) is 22.9 Å². The number of aromatic nitrogens is 2. The fourth-order valence-electron chi connectivity index (χ4n) is 2.26. The quantitative estimate of drug-likeness (QED) is 0.883. The lowest BCUT2D eigenvalue weighted by atomic mass is 10.1. The van der Waals surface area contributed by atoms with E-state index in [1.807, 2.05) is 24.4 Å². The van der Waals surface area contributed by atoms with Gasteiger partial charge in [0, 0.05) is 23.5 Å². The fourth-order valence-corrected chi connectivity index (χ4v) is 3.44. The lowest BCUT2D eigenvalue weighted by molar-refractivity contribution is 0.770. The molecule has 0 amide bonds. The average molecular weight is 245 g/mol. The Morgan fingerprint density at radius 1 is 1.41 bits per heavy atom. The molecule has 4 heteroatoms. The van der Waals surface area contributed by atoms with Crippen molar-refractivity contribution < 1.29 is 0 Å². The first kappa shape index (κ1) is 10.9. The third-order valence-corrected chi connectivity index (χ3v) is 4.49. The lowest BCUT2D eigenvalue weighted by Crippen LogP contribution is -2.07. The summed E-state index contributed by atoms with van der Waals surface area (Å²) in [6, 6.07) is 5.97. The van der Waals surface area contributed by atoms with Gasteiger partial charge >= 0.3 is 0 Å². The van der Waals surface area contributed by atoms with Crippen molar-refractivity contribution in [3.63, 3.8) is 0 Å². The summed E-state index contributed by atoms with van der Waals surface area (Å²) < 4.78 is 0. The number of thiazole rings is 1. The number of aryl methyl sites for hydroxylation is 1. The van der Waals surface area contributed by atoms with Gasteiger partial charge in [0.2, 0.25) is 0 Å². The van der Waals surface area contributed by atoms with Crippen LogP contribution in [0.3, 0.4) is 0 Å². The second-order valence-electron chi connectivity index (χ2n) is 4.37. The van der Waals surface area contributed by atoms with E-state index in [9.17, 15) is 0 Å². The maximum atomic E-state index is 4.65. The molecule has 88 valence electrons. The summed E-state index contributed by atoms with van der Waals surface area (Å²) in [5, 5.41) is 4.46. The van der Waals surface area contributed by atoms with Crippen LogP contribution in [0.5, 0.6) is 0 Å². The van der Waals surface area contributed by atoms with Gasteiger partial charge in [-0.15, -0.1) is 11.3 Å². The number of pyridine rings is 1. The van der Waals surface area contributed by atoms with Gasteiger partial charge in [0.1, 0.15) is 5.01 Å². The minimum absolute atomic E-state index is 0.643. The predicted octanol–water partition coefficient (Wildman–Crippen LogP) is 2.59. The van der Waals surface area contributed by atoms with E-state index in [-0.39, 0.29) is 0 Å². The smallest absolute Gasteiger partial charge is 0.142 e. The molecule has 1 fully saturated rings. The van der Waals surface area contributed by atoms with Crippen molar-refractivity contribution in [3.8, 4) is 10.7 Å². The molecule has 1 saturated heterocycles. The Morgan fingerprint density at radius 2 is 2.35 bits per heavy atom. The molecule has 0 aliphatic carbocycles. The lowest BCUT2D eigenvalue weighted by Gasteiger charge is -2.04. The van der Waals surface area contributed by atoms with Gasteiger partial charge in [-0.25, -0.2) is 4.98 Å². The molecule has 3 rings (SSSR count). The third kappa shape index (κ3) is 2.10. The summed E-state index contributed by atoms with van der Waals surface area (Å²) in [4.78, 5) is 10.4. The molecule has 3 nitrogen and oxygen atoms in total. The Kier molecular flexibility index (Phi) is 2.91. The molecule has 0 bridgehead atoms. The van der Waals surface area contributed by atoms with Gasteiger partial charge in [-0.3, -0.25) is 4.98 Å². The standard InChI is InChI=1S/C13H15N3S/c1-9-12(10-5-7-14-8-10)17-13(16-9)11-4-2-3-6-15-11/h2-4,6,10,14H,5,7-8H2,1H3. The first-order chi connectivity index (χ1) is 8.34. The third-order valence-electron chi connectivity index (χ3n) is 3.15. The van der Waals surface area contributed by atoms with Crippen LogP contribution in [0.2, 0.25) is 0 Å². The highest BCUT2D eigenvalue weighted by atomic mass is 32.1. The highest BCUT2D eigenvalue weighted by Gasteiger charge is 2.22. The van der Waals surface area contributed by atoms with E-state index in [0.717, 1.165) is 23.8 Å². The largest absolute Gasteiger partial charge is 0.316 e. The van der Waals surface area contributed by atoms with Crippen LogP contribution >= 0.6 is 11.3 Å². The van der Waals surface area contributed by atoms with E-state index in [1.54, 1.807) is 11.3 Å². The van der Waals surface area contributed by atoms with Gasteiger partial charge < -0.3 is 5.32 Å². The van der Waals surface area contributed by atoms with Crippen LogP contribution in [0.4, 0.5) is 0 Å². The van der Waals surface area contributed by atoms with E-state index in [4.69, 9.17) is 0 Å². The molecule has 0 radical (unpaired) electrons. The van der Waals surface area contributed by atoms with E-state index in [0.29, 0.717) is 5.92 Å². The second kappa shape index (κ2) is 4.55. The fraction of sp³-hybridized carbons (Fsp3) is 0.385. The van der Waals surface area contributed by atoms with Crippen LogP contribution in [-0.4, -0.2) is 23.1 Å². The van der Waals surface area contributed by atoms with Gasteiger partial charge in [0.05, 0.1) is 11.4 Å². The molecular weight excluding hydrogens is 230 g/mol. The molecule has 3 heterocycles. The molecular formula is C13H15N3S. The predicted molar refractivity (Wildman–Crippen MR) is 70.3 cm³/mol. The first-order valence-electron chi connectivity index (χ1n) is 5.94. The Hall–Kier alpha value is -1.26. The number of rotatable bonds is 2.